The van der Waals surface area contributed by atoms with Crippen molar-refractivity contribution in [1.29, 1.82) is 0 Å². The first-order valence-electron chi connectivity index (χ1n) is 6.14. The van der Waals surface area contributed by atoms with E-state index in [-0.39, 0.29) is 16.7 Å². The van der Waals surface area contributed by atoms with Crippen molar-refractivity contribution in [2.75, 3.05) is 5.32 Å². The van der Waals surface area contributed by atoms with Crippen molar-refractivity contribution in [3.63, 3.8) is 0 Å². The maximum Gasteiger partial charge on any atom is 0.237 e. The highest BCUT2D eigenvalue weighted by Gasteiger charge is 2.16. The number of amides is 1. The molecule has 1 amide bonds. The molecule has 1 atom stereocenters. The first kappa shape index (κ1) is 15.8. The molecule has 0 spiro atoms. The summed E-state index contributed by atoms with van der Waals surface area (Å²) in [6.07, 6.45) is 0. The number of hydrogen-bond acceptors (Lipinski definition) is 2. The van der Waals surface area contributed by atoms with Crippen molar-refractivity contribution >= 4 is 35.0 Å². The Morgan fingerprint density at radius 2 is 1.76 bits per heavy atom. The Kier molecular flexibility index (Phi) is 5.20. The van der Waals surface area contributed by atoms with Gasteiger partial charge in [-0.3, -0.25) is 4.79 Å². The molecule has 0 saturated heterocycles. The Morgan fingerprint density at radius 3 is 2.38 bits per heavy atom. The third-order valence-corrected chi connectivity index (χ3v) is 4.11. The van der Waals surface area contributed by atoms with Crippen LogP contribution in [0.4, 0.5) is 14.5 Å². The summed E-state index contributed by atoms with van der Waals surface area (Å²) in [7, 11) is 0. The van der Waals surface area contributed by atoms with Gasteiger partial charge in [-0.15, -0.1) is 11.8 Å². The van der Waals surface area contributed by atoms with Crippen LogP contribution >= 0.6 is 23.4 Å². The normalized spacial score (nSPS) is 12.0. The van der Waals surface area contributed by atoms with Crippen molar-refractivity contribution in [3.05, 3.63) is 59.1 Å². The second-order valence-corrected chi connectivity index (χ2v) is 6.15. The van der Waals surface area contributed by atoms with E-state index >= 15 is 0 Å². The maximum absolute atomic E-state index is 12.9. The molecular formula is C15H12ClF2NOS. The van der Waals surface area contributed by atoms with Gasteiger partial charge in [0.05, 0.1) is 16.0 Å². The van der Waals surface area contributed by atoms with Crippen LogP contribution in [0.25, 0.3) is 0 Å². The summed E-state index contributed by atoms with van der Waals surface area (Å²) in [4.78, 5) is 12.8. The number of hydrogen-bond donors (Lipinski definition) is 1. The van der Waals surface area contributed by atoms with E-state index in [1.807, 2.05) is 0 Å². The number of carbonyl (C=O) groups excluding carboxylic acids is 1. The van der Waals surface area contributed by atoms with E-state index in [0.29, 0.717) is 5.69 Å². The highest BCUT2D eigenvalue weighted by atomic mass is 35.5. The van der Waals surface area contributed by atoms with E-state index in [1.54, 1.807) is 19.1 Å². The molecule has 0 aliphatic rings. The fourth-order valence-electron chi connectivity index (χ4n) is 1.60. The minimum atomic E-state index is -0.466. The predicted octanol–water partition coefficient (Wildman–Crippen LogP) is 4.74. The Bertz CT molecular complexity index is 649. The highest BCUT2D eigenvalue weighted by Crippen LogP contribution is 2.26. The van der Waals surface area contributed by atoms with Crippen LogP contribution in [0, 0.1) is 11.6 Å². The van der Waals surface area contributed by atoms with Crippen LogP contribution in [0.2, 0.25) is 5.02 Å². The molecule has 110 valence electrons. The van der Waals surface area contributed by atoms with E-state index in [1.165, 1.54) is 36.0 Å². The molecule has 0 heterocycles. The summed E-state index contributed by atoms with van der Waals surface area (Å²) < 4.78 is 25.7. The Morgan fingerprint density at radius 1 is 1.14 bits per heavy atom. The average Bonchev–Trinajstić information content (AvgIpc) is 2.44. The molecule has 0 radical (unpaired) electrons. The quantitative estimate of drug-likeness (QED) is 0.822. The van der Waals surface area contributed by atoms with Crippen molar-refractivity contribution in [2.45, 2.75) is 17.1 Å². The fourth-order valence-corrected chi connectivity index (χ4v) is 2.68. The minimum Gasteiger partial charge on any atom is -0.324 e. The fraction of sp³-hybridized carbons (Fsp3) is 0.133. The molecule has 2 rings (SSSR count). The van der Waals surface area contributed by atoms with Crippen LogP contribution in [0.5, 0.6) is 0 Å². The van der Waals surface area contributed by atoms with Crippen molar-refractivity contribution < 1.29 is 13.6 Å². The third kappa shape index (κ3) is 4.44. The minimum absolute atomic E-state index is 0.141. The van der Waals surface area contributed by atoms with Crippen molar-refractivity contribution in [2.24, 2.45) is 0 Å². The van der Waals surface area contributed by atoms with Crippen LogP contribution in [-0.4, -0.2) is 11.2 Å². The summed E-state index contributed by atoms with van der Waals surface area (Å²) in [5, 5.41) is 2.37. The number of thioether (sulfide) groups is 1. The Balaban J connectivity index is 2.00. The highest BCUT2D eigenvalue weighted by molar-refractivity contribution is 8.00. The molecular weight excluding hydrogens is 316 g/mol. The van der Waals surface area contributed by atoms with Gasteiger partial charge in [0, 0.05) is 4.90 Å². The molecule has 0 unspecified atom stereocenters. The van der Waals surface area contributed by atoms with Gasteiger partial charge in [-0.05, 0) is 49.4 Å². The molecule has 1 N–H and O–H groups in total. The number of nitrogens with one attached hydrogen (secondary N) is 1. The molecule has 0 fully saturated rings. The largest absolute Gasteiger partial charge is 0.324 e. The number of anilines is 1. The number of benzene rings is 2. The average molecular weight is 328 g/mol. The van der Waals surface area contributed by atoms with Gasteiger partial charge in [0.25, 0.3) is 0 Å². The summed E-state index contributed by atoms with van der Waals surface area (Å²) in [5.41, 5.74) is 0.356. The first-order valence-corrected chi connectivity index (χ1v) is 7.39. The van der Waals surface area contributed by atoms with E-state index in [0.717, 1.165) is 11.0 Å². The van der Waals surface area contributed by atoms with Gasteiger partial charge in [-0.2, -0.15) is 0 Å². The second-order valence-electron chi connectivity index (χ2n) is 4.33. The summed E-state index contributed by atoms with van der Waals surface area (Å²) in [6, 6.07) is 9.65. The molecule has 0 aliphatic heterocycles. The SMILES string of the molecule is C[C@H](Sc1ccc(F)cc1)C(=O)Nc1ccc(F)cc1Cl. The van der Waals surface area contributed by atoms with E-state index < -0.39 is 11.1 Å². The Labute approximate surface area is 130 Å². The maximum atomic E-state index is 12.9. The molecule has 2 aromatic carbocycles. The van der Waals surface area contributed by atoms with Gasteiger partial charge < -0.3 is 5.32 Å². The number of halogens is 3. The molecule has 0 bridgehead atoms. The van der Waals surface area contributed by atoms with Gasteiger partial charge in [0.1, 0.15) is 11.6 Å². The van der Waals surface area contributed by atoms with Crippen LogP contribution in [0.1, 0.15) is 6.92 Å². The zero-order chi connectivity index (χ0) is 15.4. The first-order chi connectivity index (χ1) is 9.95. The summed E-state index contributed by atoms with van der Waals surface area (Å²) in [5.74, 6) is -1.06. The number of rotatable bonds is 4. The monoisotopic (exact) mass is 327 g/mol. The molecule has 21 heavy (non-hydrogen) atoms. The van der Waals surface area contributed by atoms with Gasteiger partial charge in [0.15, 0.2) is 0 Å². The lowest BCUT2D eigenvalue weighted by molar-refractivity contribution is -0.115. The lowest BCUT2D eigenvalue weighted by Crippen LogP contribution is -2.22. The standard InChI is InChI=1S/C15H12ClF2NOS/c1-9(21-12-5-2-10(17)3-6-12)15(20)19-14-7-4-11(18)8-13(14)16/h2-9H,1H3,(H,19,20)/t9-/m0/s1. The zero-order valence-electron chi connectivity index (χ0n) is 11.1. The molecule has 0 saturated carbocycles. The van der Waals surface area contributed by atoms with Crippen LogP contribution in [0.3, 0.4) is 0 Å². The lowest BCUT2D eigenvalue weighted by Gasteiger charge is -2.13. The smallest absolute Gasteiger partial charge is 0.237 e. The van der Waals surface area contributed by atoms with E-state index in [4.69, 9.17) is 11.6 Å². The molecule has 6 heteroatoms. The van der Waals surface area contributed by atoms with Gasteiger partial charge >= 0.3 is 0 Å². The van der Waals surface area contributed by atoms with Crippen molar-refractivity contribution in [1.82, 2.24) is 0 Å². The van der Waals surface area contributed by atoms with Crippen molar-refractivity contribution in [3.8, 4) is 0 Å². The van der Waals surface area contributed by atoms with Gasteiger partial charge in [0.2, 0.25) is 5.91 Å². The van der Waals surface area contributed by atoms with E-state index in [9.17, 15) is 13.6 Å². The molecule has 2 aromatic rings. The molecule has 2 nitrogen and oxygen atoms in total. The third-order valence-electron chi connectivity index (χ3n) is 2.68. The van der Waals surface area contributed by atoms with E-state index in [2.05, 4.69) is 5.32 Å². The summed E-state index contributed by atoms with van der Waals surface area (Å²) in [6.45, 7) is 1.72. The molecule has 0 aromatic heterocycles. The predicted molar refractivity (Wildman–Crippen MR) is 81.8 cm³/mol. The topological polar surface area (TPSA) is 29.1 Å². The van der Waals surface area contributed by atoms with Gasteiger partial charge in [-0.25, -0.2) is 8.78 Å². The van der Waals surface area contributed by atoms with Crippen LogP contribution in [-0.2, 0) is 4.79 Å². The lowest BCUT2D eigenvalue weighted by atomic mass is 10.3. The summed E-state index contributed by atoms with van der Waals surface area (Å²) >= 11 is 7.15. The number of carbonyl (C=O) groups is 1. The molecule has 0 aliphatic carbocycles. The Hall–Kier alpha value is -1.59. The second kappa shape index (κ2) is 6.91. The van der Waals surface area contributed by atoms with Gasteiger partial charge in [-0.1, -0.05) is 11.6 Å². The zero-order valence-corrected chi connectivity index (χ0v) is 12.6. The van der Waals surface area contributed by atoms with Crippen LogP contribution < -0.4 is 5.32 Å². The van der Waals surface area contributed by atoms with Crippen LogP contribution in [0.15, 0.2) is 47.4 Å².